The van der Waals surface area contributed by atoms with Crippen LogP contribution in [0.1, 0.15) is 44.6 Å². The molecule has 0 aliphatic carbocycles. The molecule has 0 aliphatic heterocycles. The fourth-order valence-corrected chi connectivity index (χ4v) is 3.15. The van der Waals surface area contributed by atoms with Crippen molar-refractivity contribution in [1.29, 1.82) is 0 Å². The van der Waals surface area contributed by atoms with E-state index in [1.807, 2.05) is 18.2 Å². The van der Waals surface area contributed by atoms with E-state index in [0.29, 0.717) is 5.75 Å². The van der Waals surface area contributed by atoms with Gasteiger partial charge in [0.05, 0.1) is 4.90 Å². The van der Waals surface area contributed by atoms with Crippen LogP contribution in [-0.4, -0.2) is 13.0 Å². The number of hydrogen-bond acceptors (Lipinski definition) is 4. The molecular weight excluding hydrogens is 363 g/mol. The molecule has 0 unspecified atom stereocenters. The third kappa shape index (κ3) is 7.29. The molecule has 0 saturated carbocycles. The molecule has 0 spiro atoms. The summed E-state index contributed by atoms with van der Waals surface area (Å²) in [5.74, 6) is 0.0228. The Hall–Kier alpha value is -1.05. The molecule has 7 heteroatoms. The third-order valence-corrected chi connectivity index (χ3v) is 4.79. The number of ether oxygens (including phenoxy) is 1. The Morgan fingerprint density at radius 2 is 1.69 bits per heavy atom. The maximum absolute atomic E-state index is 11.8. The zero-order chi connectivity index (χ0) is 18.3. The van der Waals surface area contributed by atoms with Gasteiger partial charge in [-0.2, -0.15) is 8.42 Å². The van der Waals surface area contributed by atoms with Crippen LogP contribution in [-0.2, 0) is 16.5 Å². The summed E-state index contributed by atoms with van der Waals surface area (Å²) in [6.07, 6.45) is 7.03. The van der Waals surface area contributed by atoms with Crippen LogP contribution in [0.5, 0.6) is 17.2 Å². The first kappa shape index (κ1) is 23.0. The molecule has 0 atom stereocenters. The van der Waals surface area contributed by atoms with Crippen LogP contribution >= 0.6 is 0 Å². The summed E-state index contributed by atoms with van der Waals surface area (Å²) in [7, 11) is -4.52. The van der Waals surface area contributed by atoms with Gasteiger partial charge >= 0.3 is 29.6 Å². The average molecular weight is 386 g/mol. The van der Waals surface area contributed by atoms with Gasteiger partial charge in [-0.05, 0) is 48.7 Å². The van der Waals surface area contributed by atoms with Crippen molar-refractivity contribution < 1.29 is 52.4 Å². The normalized spacial score (nSPS) is 11.0. The third-order valence-electron chi connectivity index (χ3n) is 3.90. The quantitative estimate of drug-likeness (QED) is 0.399. The van der Waals surface area contributed by atoms with Crippen LogP contribution in [0.15, 0.2) is 47.4 Å². The van der Waals surface area contributed by atoms with Crippen molar-refractivity contribution in [2.24, 2.45) is 0 Å². The van der Waals surface area contributed by atoms with E-state index in [-0.39, 0.29) is 35.3 Å². The van der Waals surface area contributed by atoms with E-state index in [1.54, 1.807) is 6.07 Å². The first-order valence-corrected chi connectivity index (χ1v) is 9.89. The van der Waals surface area contributed by atoms with Crippen molar-refractivity contribution in [1.82, 2.24) is 0 Å². The Bertz CT molecular complexity index is 805. The van der Waals surface area contributed by atoms with E-state index in [1.165, 1.54) is 31.7 Å². The van der Waals surface area contributed by atoms with Crippen LogP contribution in [0.4, 0.5) is 0 Å². The molecule has 26 heavy (non-hydrogen) atoms. The van der Waals surface area contributed by atoms with Gasteiger partial charge in [-0.15, -0.1) is 0 Å². The summed E-state index contributed by atoms with van der Waals surface area (Å²) in [6, 6.07) is 11.1. The van der Waals surface area contributed by atoms with Gasteiger partial charge in [-0.3, -0.25) is 4.55 Å². The minimum Gasteiger partial charge on any atom is -0.871 e. The van der Waals surface area contributed by atoms with Crippen molar-refractivity contribution in [3.8, 4) is 17.2 Å². The van der Waals surface area contributed by atoms with Crippen molar-refractivity contribution in [3.05, 3.63) is 48.0 Å². The topological polar surface area (TPSA) is 86.7 Å². The van der Waals surface area contributed by atoms with E-state index in [0.717, 1.165) is 30.5 Å². The van der Waals surface area contributed by atoms with Gasteiger partial charge in [-0.1, -0.05) is 50.5 Å². The number of aryl methyl sites for hydroxylation is 1. The fraction of sp³-hybridized carbons (Fsp3) is 0.368. The summed E-state index contributed by atoms with van der Waals surface area (Å²) < 4.78 is 36.7. The zero-order valence-corrected chi connectivity index (χ0v) is 18.1. The van der Waals surface area contributed by atoms with Crippen molar-refractivity contribution >= 4 is 10.1 Å². The summed E-state index contributed by atoms with van der Waals surface area (Å²) in [6.45, 7) is 2.19. The van der Waals surface area contributed by atoms with Crippen LogP contribution < -0.4 is 39.4 Å². The Labute approximate surface area is 177 Å². The summed E-state index contributed by atoms with van der Waals surface area (Å²) >= 11 is 0. The van der Waals surface area contributed by atoms with Gasteiger partial charge in [-0.25, -0.2) is 0 Å². The summed E-state index contributed by atoms with van der Waals surface area (Å²) in [5.41, 5.74) is 1.16. The van der Waals surface area contributed by atoms with E-state index >= 15 is 0 Å². The number of unbranched alkanes of at least 4 members (excludes halogenated alkanes) is 4. The standard InChI is InChI=1S/C19H24O5S.Na/c1-2-3-4-5-6-8-15-9-7-10-16(13-15)24-17-11-12-19(18(20)14-17)25(21,22)23;/h7,9-14,20H,2-6,8H2,1H3,(H,21,22,23);/q;+1/p-1. The van der Waals surface area contributed by atoms with Gasteiger partial charge in [0.25, 0.3) is 10.1 Å². The Morgan fingerprint density at radius 1 is 1.00 bits per heavy atom. The first-order chi connectivity index (χ1) is 11.9. The number of benzene rings is 2. The molecule has 5 nitrogen and oxygen atoms in total. The molecule has 0 radical (unpaired) electrons. The molecule has 136 valence electrons. The van der Waals surface area contributed by atoms with Crippen molar-refractivity contribution in [2.75, 3.05) is 0 Å². The molecule has 0 fully saturated rings. The zero-order valence-electron chi connectivity index (χ0n) is 15.3. The monoisotopic (exact) mass is 386 g/mol. The van der Waals surface area contributed by atoms with Gasteiger partial charge in [0, 0.05) is 0 Å². The minimum atomic E-state index is -4.52. The predicted molar refractivity (Wildman–Crippen MR) is 94.7 cm³/mol. The smallest absolute Gasteiger partial charge is 0.871 e. The van der Waals surface area contributed by atoms with Crippen LogP contribution in [0.25, 0.3) is 0 Å². The second-order valence-corrected chi connectivity index (χ2v) is 7.39. The minimum absolute atomic E-state index is 0. The van der Waals surface area contributed by atoms with Gasteiger partial charge in [0.1, 0.15) is 11.5 Å². The summed E-state index contributed by atoms with van der Waals surface area (Å²) in [4.78, 5) is -0.652. The molecule has 2 rings (SSSR count). The number of hydrogen-bond donors (Lipinski definition) is 1. The predicted octanol–water partition coefficient (Wildman–Crippen LogP) is 1.32. The van der Waals surface area contributed by atoms with Gasteiger partial charge in [0.2, 0.25) is 0 Å². The van der Waals surface area contributed by atoms with Crippen molar-refractivity contribution in [3.63, 3.8) is 0 Å². The second kappa shape index (κ2) is 10.9. The average Bonchev–Trinajstić information content (AvgIpc) is 2.54. The molecule has 0 aliphatic rings. The van der Waals surface area contributed by atoms with E-state index in [4.69, 9.17) is 9.29 Å². The van der Waals surface area contributed by atoms with Crippen molar-refractivity contribution in [2.45, 2.75) is 50.3 Å². The molecule has 0 heterocycles. The molecule has 0 aromatic heterocycles. The van der Waals surface area contributed by atoms with Gasteiger partial charge < -0.3 is 9.84 Å². The van der Waals surface area contributed by atoms with Crippen LogP contribution in [0.3, 0.4) is 0 Å². The molecule has 0 bridgehead atoms. The van der Waals surface area contributed by atoms with E-state index in [2.05, 4.69) is 6.92 Å². The fourth-order valence-electron chi connectivity index (χ4n) is 2.60. The molecule has 0 saturated heterocycles. The molecular formula is C19H23NaO5S. The summed E-state index contributed by atoms with van der Waals surface area (Å²) in [5, 5.41) is 11.8. The largest absolute Gasteiger partial charge is 1.00 e. The first-order valence-electron chi connectivity index (χ1n) is 8.45. The van der Waals surface area contributed by atoms with Gasteiger partial charge in [0.15, 0.2) is 0 Å². The second-order valence-electron chi connectivity index (χ2n) is 6.00. The maximum Gasteiger partial charge on any atom is 1.00 e. The molecule has 2 aromatic carbocycles. The SMILES string of the molecule is CCCCCCCc1cccc(Oc2ccc(S(=O)(=O)O)c([O-])c2)c1.[Na+]. The van der Waals surface area contributed by atoms with E-state index in [9.17, 15) is 13.5 Å². The molecule has 0 amide bonds. The maximum atomic E-state index is 11.8. The molecule has 1 N–H and O–H groups in total. The molecule has 2 aromatic rings. The Kier molecular flexibility index (Phi) is 9.68. The Morgan fingerprint density at radius 3 is 2.35 bits per heavy atom. The van der Waals surface area contributed by atoms with Crippen LogP contribution in [0, 0.1) is 0 Å². The number of rotatable bonds is 9. The Balaban J connectivity index is 0.00000338. The van der Waals surface area contributed by atoms with Crippen LogP contribution in [0.2, 0.25) is 0 Å². The van der Waals surface area contributed by atoms with E-state index < -0.39 is 20.8 Å².